The smallest absolute Gasteiger partial charge is 0.309 e. The molecule has 1 aromatic heterocycles. The van der Waals surface area contributed by atoms with Crippen molar-refractivity contribution in [3.05, 3.63) is 65.2 Å². The van der Waals surface area contributed by atoms with Gasteiger partial charge in [-0.1, -0.05) is 23.9 Å². The van der Waals surface area contributed by atoms with Crippen LogP contribution >= 0.6 is 11.8 Å². The zero-order valence-corrected chi connectivity index (χ0v) is 21.5. The number of pyridine rings is 1. The molecular formula is C26H31F4N5S. The quantitative estimate of drug-likeness (QED) is 0.165. The summed E-state index contributed by atoms with van der Waals surface area (Å²) in [6.07, 6.45) is 0.219. The van der Waals surface area contributed by atoms with E-state index >= 15 is 0 Å². The van der Waals surface area contributed by atoms with Gasteiger partial charge in [-0.3, -0.25) is 9.98 Å². The van der Waals surface area contributed by atoms with Crippen molar-refractivity contribution in [1.29, 1.82) is 0 Å². The highest BCUT2D eigenvalue weighted by molar-refractivity contribution is 8.13. The molecular weight excluding hydrogens is 490 g/mol. The molecule has 1 aliphatic carbocycles. The average Bonchev–Trinajstić information content (AvgIpc) is 3.41. The maximum Gasteiger partial charge on any atom is 0.416 e. The summed E-state index contributed by atoms with van der Waals surface area (Å²) in [7, 11) is 5.16. The lowest BCUT2D eigenvalue weighted by atomic mass is 9.97. The van der Waals surface area contributed by atoms with Gasteiger partial charge in [-0.05, 0) is 73.5 Å². The van der Waals surface area contributed by atoms with Crippen molar-refractivity contribution >= 4 is 22.8 Å². The van der Waals surface area contributed by atoms with Crippen molar-refractivity contribution in [3.63, 3.8) is 0 Å². The minimum absolute atomic E-state index is 0.212. The van der Waals surface area contributed by atoms with Crippen LogP contribution in [0.25, 0.3) is 0 Å². The fourth-order valence-electron chi connectivity index (χ4n) is 5.21. The molecule has 2 fully saturated rings. The first-order chi connectivity index (χ1) is 17.2. The highest BCUT2D eigenvalue weighted by Crippen LogP contribution is 2.64. The van der Waals surface area contributed by atoms with Crippen molar-refractivity contribution in [2.75, 3.05) is 46.5 Å². The van der Waals surface area contributed by atoms with E-state index in [2.05, 4.69) is 19.9 Å². The van der Waals surface area contributed by atoms with Crippen LogP contribution in [0.2, 0.25) is 0 Å². The van der Waals surface area contributed by atoms with Crippen LogP contribution < -0.4 is 0 Å². The van der Waals surface area contributed by atoms with Crippen LogP contribution in [0.5, 0.6) is 0 Å². The van der Waals surface area contributed by atoms with Gasteiger partial charge in [0, 0.05) is 39.6 Å². The van der Waals surface area contributed by atoms with E-state index in [0.29, 0.717) is 17.3 Å². The maximum atomic E-state index is 14.2. The van der Waals surface area contributed by atoms with Gasteiger partial charge in [0.2, 0.25) is 5.95 Å². The number of benzene rings is 1. The Morgan fingerprint density at radius 2 is 1.94 bits per heavy atom. The summed E-state index contributed by atoms with van der Waals surface area (Å²) in [4.78, 5) is 16.6. The molecule has 10 heteroatoms. The highest BCUT2D eigenvalue weighted by atomic mass is 32.2. The van der Waals surface area contributed by atoms with Gasteiger partial charge in [0.15, 0.2) is 5.17 Å². The summed E-state index contributed by atoms with van der Waals surface area (Å²) in [5, 5.41) is 0.751. The lowest BCUT2D eigenvalue weighted by Crippen LogP contribution is -2.33. The van der Waals surface area contributed by atoms with Crippen LogP contribution in [-0.4, -0.2) is 72.3 Å². The predicted molar refractivity (Wildman–Crippen MR) is 137 cm³/mol. The van der Waals surface area contributed by atoms with Crippen LogP contribution in [0.3, 0.4) is 0 Å². The molecule has 0 unspecified atom stereocenters. The molecule has 0 amide bonds. The van der Waals surface area contributed by atoms with Gasteiger partial charge in [-0.2, -0.15) is 17.6 Å². The topological polar surface area (TPSA) is 44.1 Å². The number of hydrogen-bond acceptors (Lipinski definition) is 5. The number of hydrogen-bond donors (Lipinski definition) is 0. The zero-order valence-electron chi connectivity index (χ0n) is 20.7. The van der Waals surface area contributed by atoms with E-state index in [4.69, 9.17) is 0 Å². The molecule has 0 bridgehead atoms. The van der Waals surface area contributed by atoms with Gasteiger partial charge in [0.1, 0.15) is 5.84 Å². The third-order valence-electron chi connectivity index (χ3n) is 7.15. The molecule has 36 heavy (non-hydrogen) atoms. The summed E-state index contributed by atoms with van der Waals surface area (Å²) < 4.78 is 52.8. The molecule has 1 saturated carbocycles. The molecule has 194 valence electrons. The Hall–Kier alpha value is -2.46. The third kappa shape index (κ3) is 5.75. The molecule has 1 saturated heterocycles. The SMILES string of the molecule is CN=C(SCCCN1CC[C@]2(C[C@@H]2c2ccc(C(F)(F)F)cc2)C1)N(C)C(=NC)c1cccnc1F. The van der Waals surface area contributed by atoms with Crippen molar-refractivity contribution in [2.45, 2.75) is 31.4 Å². The van der Waals surface area contributed by atoms with Crippen LogP contribution in [0.4, 0.5) is 17.6 Å². The first-order valence-electron chi connectivity index (χ1n) is 12.0. The second-order valence-corrected chi connectivity index (χ2v) is 10.5. The number of halogens is 4. The molecule has 4 rings (SSSR count). The van der Waals surface area contributed by atoms with Gasteiger partial charge in [-0.25, -0.2) is 4.98 Å². The molecule has 5 nitrogen and oxygen atoms in total. The number of aromatic nitrogens is 1. The minimum atomic E-state index is -4.29. The van der Waals surface area contributed by atoms with Crippen molar-refractivity contribution < 1.29 is 17.6 Å². The number of thioether (sulfide) groups is 1. The van der Waals surface area contributed by atoms with Crippen LogP contribution in [0.15, 0.2) is 52.6 Å². The van der Waals surface area contributed by atoms with Gasteiger partial charge < -0.3 is 9.80 Å². The Bertz CT molecular complexity index is 1120. The molecule has 1 aromatic carbocycles. The Labute approximate surface area is 213 Å². The van der Waals surface area contributed by atoms with Crippen LogP contribution in [0.1, 0.15) is 41.9 Å². The molecule has 0 radical (unpaired) electrons. The van der Waals surface area contributed by atoms with Crippen LogP contribution in [0, 0.1) is 11.4 Å². The summed E-state index contributed by atoms with van der Waals surface area (Å²) in [5.74, 6) is 1.11. The lowest BCUT2D eigenvalue weighted by Gasteiger charge is -2.23. The molecule has 2 atom stereocenters. The predicted octanol–water partition coefficient (Wildman–Crippen LogP) is 5.54. The number of nitrogens with zero attached hydrogens (tertiary/aromatic N) is 5. The number of aliphatic imine (C=N–C) groups is 2. The molecule has 2 aromatic rings. The summed E-state index contributed by atoms with van der Waals surface area (Å²) >= 11 is 1.61. The first kappa shape index (κ1) is 26.6. The third-order valence-corrected chi connectivity index (χ3v) is 8.36. The Balaban J connectivity index is 1.24. The van der Waals surface area contributed by atoms with E-state index in [0.717, 1.165) is 55.4 Å². The monoisotopic (exact) mass is 521 g/mol. The van der Waals surface area contributed by atoms with Gasteiger partial charge in [0.05, 0.1) is 11.1 Å². The normalized spacial score (nSPS) is 22.9. The van der Waals surface area contributed by atoms with Crippen molar-refractivity contribution in [1.82, 2.24) is 14.8 Å². The van der Waals surface area contributed by atoms with E-state index in [1.54, 1.807) is 55.0 Å². The Kier molecular flexibility index (Phi) is 8.04. The maximum absolute atomic E-state index is 14.2. The second kappa shape index (κ2) is 10.9. The van der Waals surface area contributed by atoms with Gasteiger partial charge in [-0.15, -0.1) is 0 Å². The summed E-state index contributed by atoms with van der Waals surface area (Å²) in [6, 6.07) is 9.03. The second-order valence-electron chi connectivity index (χ2n) is 9.42. The van der Waals surface area contributed by atoms with E-state index < -0.39 is 17.7 Å². The average molecular weight is 522 g/mol. The molecule has 2 heterocycles. The molecule has 1 spiro atoms. The largest absolute Gasteiger partial charge is 0.416 e. The Morgan fingerprint density at radius 1 is 1.19 bits per heavy atom. The van der Waals surface area contributed by atoms with E-state index in [1.807, 2.05) is 7.05 Å². The molecule has 2 aliphatic rings. The van der Waals surface area contributed by atoms with Gasteiger partial charge in [0.25, 0.3) is 0 Å². The molecule has 1 aliphatic heterocycles. The van der Waals surface area contributed by atoms with Crippen LogP contribution in [-0.2, 0) is 6.18 Å². The lowest BCUT2D eigenvalue weighted by molar-refractivity contribution is -0.137. The van der Waals surface area contributed by atoms with Crippen molar-refractivity contribution in [2.24, 2.45) is 15.4 Å². The van der Waals surface area contributed by atoms with E-state index in [1.165, 1.54) is 18.3 Å². The highest BCUT2D eigenvalue weighted by Gasteiger charge is 2.57. The number of amidine groups is 2. The number of alkyl halides is 3. The fraction of sp³-hybridized carbons (Fsp3) is 0.500. The zero-order chi connectivity index (χ0) is 25.9. The van der Waals surface area contributed by atoms with E-state index in [-0.39, 0.29) is 5.41 Å². The number of likely N-dealkylation sites (tertiary alicyclic amines) is 1. The molecule has 0 N–H and O–H groups in total. The van der Waals surface area contributed by atoms with E-state index in [9.17, 15) is 17.6 Å². The summed E-state index contributed by atoms with van der Waals surface area (Å²) in [5.41, 5.74) is 0.975. The minimum Gasteiger partial charge on any atom is -0.309 e. The standard InChI is InChI=1S/C26H31F4N5S/c1-31-23(20-6-4-12-33-22(20)27)34(3)24(32-2)36-15-5-13-35-14-11-25(17-35)16-21(25)18-7-9-19(10-8-18)26(28,29)30/h4,6-10,12,21H,5,11,13-17H2,1-3H3/t21-,25+/m1/s1. The Morgan fingerprint density at radius 3 is 2.58 bits per heavy atom. The summed E-state index contributed by atoms with van der Waals surface area (Å²) in [6.45, 7) is 2.97. The van der Waals surface area contributed by atoms with Gasteiger partial charge >= 0.3 is 6.18 Å². The van der Waals surface area contributed by atoms with Crippen molar-refractivity contribution in [3.8, 4) is 0 Å². The number of rotatable bonds is 6. The fourth-order valence-corrected chi connectivity index (χ4v) is 6.07. The first-order valence-corrected chi connectivity index (χ1v) is 13.0.